The fourth-order valence-corrected chi connectivity index (χ4v) is 5.17. The summed E-state index contributed by atoms with van der Waals surface area (Å²) in [6.07, 6.45) is 5.61. The van der Waals surface area contributed by atoms with E-state index in [1.807, 2.05) is 18.9 Å². The molecule has 0 aliphatic heterocycles. The maximum atomic E-state index is 12.7. The van der Waals surface area contributed by atoms with Crippen LogP contribution in [0.5, 0.6) is 0 Å². The van der Waals surface area contributed by atoms with Crippen molar-refractivity contribution in [2.75, 3.05) is 27.4 Å². The molecule has 1 fully saturated rings. The van der Waals surface area contributed by atoms with Crippen LogP contribution in [0.3, 0.4) is 0 Å². The lowest BCUT2D eigenvalue weighted by Crippen LogP contribution is -2.51. The van der Waals surface area contributed by atoms with Gasteiger partial charge in [-0.05, 0) is 70.3 Å². The van der Waals surface area contributed by atoms with Crippen LogP contribution in [0.15, 0.2) is 58.3 Å². The molecule has 2 aromatic rings. The molecule has 1 saturated carbocycles. The Balaban J connectivity index is 0.000000310. The molecule has 8 nitrogen and oxygen atoms in total. The van der Waals surface area contributed by atoms with Crippen LogP contribution >= 0.6 is 0 Å². The highest BCUT2D eigenvalue weighted by atomic mass is 32.2. The number of amides is 1. The fourth-order valence-electron chi connectivity index (χ4n) is 4.06. The van der Waals surface area contributed by atoms with E-state index in [0.717, 1.165) is 24.8 Å². The monoisotopic (exact) mass is 510 g/mol. The molecule has 1 amide bonds. The lowest BCUT2D eigenvalue weighted by Gasteiger charge is -2.41. The Morgan fingerprint density at radius 2 is 1.29 bits per heavy atom. The molecule has 1 aliphatic carbocycles. The molecule has 1 aliphatic rings. The maximum absolute atomic E-state index is 12.7. The average molecular weight is 511 g/mol. The van der Waals surface area contributed by atoms with E-state index in [0.29, 0.717) is 11.6 Å². The van der Waals surface area contributed by atoms with Crippen LogP contribution in [-0.4, -0.2) is 76.6 Å². The predicted octanol–water partition coefficient (Wildman–Crippen LogP) is 3.28. The van der Waals surface area contributed by atoms with Gasteiger partial charge < -0.3 is 9.80 Å². The third-order valence-electron chi connectivity index (χ3n) is 6.02. The molecular formula is C24H34N2O6S2. The minimum absolute atomic E-state index is 0.0520. The summed E-state index contributed by atoms with van der Waals surface area (Å²) in [7, 11) is -1.30. The standard InChI is InChI=1S/C17H26N2O3S.C7H8O3S/c1-18(2)15-7-5-6-8-16(15)19(3)17(20)13-9-11-14(12-10-13)23(4,21)22;1-6-2-4-7(5-3-6)11(8,9)10/h9-12,15-16H,5-8H2,1-4H3;2-5H,1H3,(H,8,9,10)/t15-,16-;/m1./s1. The van der Waals surface area contributed by atoms with Crippen molar-refractivity contribution in [3.8, 4) is 0 Å². The Hall–Kier alpha value is -2.27. The van der Waals surface area contributed by atoms with Gasteiger partial charge in [-0.3, -0.25) is 9.35 Å². The Kier molecular flexibility index (Phi) is 9.41. The van der Waals surface area contributed by atoms with Crippen molar-refractivity contribution in [1.82, 2.24) is 9.80 Å². The molecule has 34 heavy (non-hydrogen) atoms. The number of aryl methyl sites for hydroxylation is 1. The molecule has 188 valence electrons. The van der Waals surface area contributed by atoms with Crippen molar-refractivity contribution in [2.24, 2.45) is 0 Å². The number of carbonyl (C=O) groups is 1. The lowest BCUT2D eigenvalue weighted by molar-refractivity contribution is 0.0544. The summed E-state index contributed by atoms with van der Waals surface area (Å²) in [6.45, 7) is 1.84. The summed E-state index contributed by atoms with van der Waals surface area (Å²) in [5, 5.41) is 0. The van der Waals surface area contributed by atoms with Gasteiger partial charge in [0.05, 0.1) is 9.79 Å². The maximum Gasteiger partial charge on any atom is 0.294 e. The number of carbonyl (C=O) groups excluding carboxylic acids is 1. The SMILES string of the molecule is CN(C)[C@@H]1CCCC[C@H]1N(C)C(=O)c1ccc(S(C)(=O)=O)cc1.Cc1ccc(S(=O)(=O)O)cc1. The molecular weight excluding hydrogens is 476 g/mol. The summed E-state index contributed by atoms with van der Waals surface area (Å²) in [6, 6.07) is 12.8. The Morgan fingerprint density at radius 3 is 1.74 bits per heavy atom. The average Bonchev–Trinajstić information content (AvgIpc) is 2.77. The summed E-state index contributed by atoms with van der Waals surface area (Å²) < 4.78 is 52.6. The molecule has 0 heterocycles. The van der Waals surface area contributed by atoms with Gasteiger partial charge >= 0.3 is 0 Å². The molecule has 0 radical (unpaired) electrons. The Morgan fingerprint density at radius 1 is 0.824 bits per heavy atom. The number of nitrogens with zero attached hydrogens (tertiary/aromatic N) is 2. The van der Waals surface area contributed by atoms with Gasteiger partial charge in [-0.1, -0.05) is 30.5 Å². The van der Waals surface area contributed by atoms with Crippen LogP contribution in [0.25, 0.3) is 0 Å². The van der Waals surface area contributed by atoms with E-state index in [9.17, 15) is 21.6 Å². The molecule has 0 saturated heterocycles. The third-order valence-corrected chi connectivity index (χ3v) is 8.02. The minimum Gasteiger partial charge on any atom is -0.337 e. The highest BCUT2D eigenvalue weighted by Gasteiger charge is 2.32. The zero-order valence-electron chi connectivity index (χ0n) is 20.3. The smallest absolute Gasteiger partial charge is 0.294 e. The van der Waals surface area contributed by atoms with Crippen molar-refractivity contribution >= 4 is 25.9 Å². The Labute approximate surface area is 203 Å². The van der Waals surface area contributed by atoms with Crippen LogP contribution in [0.1, 0.15) is 41.6 Å². The first-order chi connectivity index (χ1) is 15.7. The van der Waals surface area contributed by atoms with Gasteiger partial charge in [0.25, 0.3) is 16.0 Å². The van der Waals surface area contributed by atoms with Gasteiger partial charge in [0.2, 0.25) is 0 Å². The topological polar surface area (TPSA) is 112 Å². The normalized spacial score (nSPS) is 18.7. The van der Waals surface area contributed by atoms with Gasteiger partial charge in [0.1, 0.15) is 0 Å². The molecule has 1 N–H and O–H groups in total. The first-order valence-corrected chi connectivity index (χ1v) is 14.3. The van der Waals surface area contributed by atoms with Gasteiger partial charge in [0.15, 0.2) is 9.84 Å². The summed E-state index contributed by atoms with van der Waals surface area (Å²) in [4.78, 5) is 16.9. The van der Waals surface area contributed by atoms with Crippen molar-refractivity contribution in [1.29, 1.82) is 0 Å². The van der Waals surface area contributed by atoms with Crippen LogP contribution in [-0.2, 0) is 20.0 Å². The number of hydrogen-bond acceptors (Lipinski definition) is 6. The molecule has 3 rings (SSSR count). The van der Waals surface area contributed by atoms with E-state index < -0.39 is 20.0 Å². The van der Waals surface area contributed by atoms with Crippen molar-refractivity contribution in [2.45, 2.75) is 54.5 Å². The minimum atomic E-state index is -4.02. The first kappa shape index (κ1) is 28.0. The van der Waals surface area contributed by atoms with E-state index >= 15 is 0 Å². The van der Waals surface area contributed by atoms with Crippen LogP contribution in [0.2, 0.25) is 0 Å². The second-order valence-electron chi connectivity index (χ2n) is 8.88. The second-order valence-corrected chi connectivity index (χ2v) is 12.3. The molecule has 10 heteroatoms. The van der Waals surface area contributed by atoms with E-state index in [1.165, 1.54) is 36.9 Å². The molecule has 0 unspecified atom stereocenters. The highest BCUT2D eigenvalue weighted by Crippen LogP contribution is 2.26. The van der Waals surface area contributed by atoms with Crippen molar-refractivity contribution < 1.29 is 26.2 Å². The van der Waals surface area contributed by atoms with E-state index in [2.05, 4.69) is 19.0 Å². The molecule has 0 aromatic heterocycles. The number of likely N-dealkylation sites (N-methyl/N-ethyl adjacent to an activating group) is 2. The van der Waals surface area contributed by atoms with Crippen LogP contribution in [0, 0.1) is 6.92 Å². The lowest BCUT2D eigenvalue weighted by atomic mass is 9.88. The van der Waals surface area contributed by atoms with Crippen LogP contribution < -0.4 is 0 Å². The number of rotatable bonds is 5. The van der Waals surface area contributed by atoms with Gasteiger partial charge in [0, 0.05) is 31.0 Å². The highest BCUT2D eigenvalue weighted by molar-refractivity contribution is 7.90. The zero-order valence-corrected chi connectivity index (χ0v) is 21.9. The van der Waals surface area contributed by atoms with Crippen molar-refractivity contribution in [3.63, 3.8) is 0 Å². The second kappa shape index (κ2) is 11.4. The largest absolute Gasteiger partial charge is 0.337 e. The summed E-state index contributed by atoms with van der Waals surface area (Å²) in [5.74, 6) is -0.0520. The summed E-state index contributed by atoms with van der Waals surface area (Å²) in [5.41, 5.74) is 1.49. The van der Waals surface area contributed by atoms with Crippen molar-refractivity contribution in [3.05, 3.63) is 59.7 Å². The molecule has 0 bridgehead atoms. The fraction of sp³-hybridized carbons (Fsp3) is 0.458. The quantitative estimate of drug-likeness (QED) is 0.614. The van der Waals surface area contributed by atoms with Gasteiger partial charge in [-0.25, -0.2) is 8.42 Å². The number of hydrogen-bond donors (Lipinski definition) is 1. The molecule has 0 spiro atoms. The predicted molar refractivity (Wildman–Crippen MR) is 132 cm³/mol. The van der Waals surface area contributed by atoms with Gasteiger partial charge in [-0.15, -0.1) is 0 Å². The zero-order chi connectivity index (χ0) is 25.7. The van der Waals surface area contributed by atoms with Gasteiger partial charge in [-0.2, -0.15) is 8.42 Å². The summed E-state index contributed by atoms with van der Waals surface area (Å²) >= 11 is 0. The number of benzene rings is 2. The molecule has 2 aromatic carbocycles. The number of sulfone groups is 1. The van der Waals surface area contributed by atoms with Crippen LogP contribution in [0.4, 0.5) is 0 Å². The third kappa shape index (κ3) is 7.63. The molecule has 2 atom stereocenters. The van der Waals surface area contributed by atoms with E-state index in [-0.39, 0.29) is 21.7 Å². The Bertz CT molecular complexity index is 1170. The van der Waals surface area contributed by atoms with E-state index in [1.54, 1.807) is 24.3 Å². The van der Waals surface area contributed by atoms with E-state index in [4.69, 9.17) is 4.55 Å². The first-order valence-electron chi connectivity index (χ1n) is 11.0.